The van der Waals surface area contributed by atoms with Crippen LogP contribution in [-0.2, 0) is 0 Å². The molecule has 3 aromatic rings. The van der Waals surface area contributed by atoms with Crippen LogP contribution in [0.25, 0.3) is 22.5 Å². The van der Waals surface area contributed by atoms with Crippen molar-refractivity contribution < 1.29 is 0 Å². The molecule has 0 radical (unpaired) electrons. The Bertz CT molecular complexity index is 861. The summed E-state index contributed by atoms with van der Waals surface area (Å²) in [4.78, 5) is 12.8. The molecule has 1 aliphatic rings. The van der Waals surface area contributed by atoms with E-state index in [1.165, 1.54) is 0 Å². The Morgan fingerprint density at radius 1 is 1.10 bits per heavy atom. The lowest BCUT2D eigenvalue weighted by Crippen LogP contribution is -1.99. The first-order chi connectivity index (χ1) is 10.3. The summed E-state index contributed by atoms with van der Waals surface area (Å²) >= 11 is 0. The fourth-order valence-electron chi connectivity index (χ4n) is 2.44. The van der Waals surface area contributed by atoms with Gasteiger partial charge in [-0.1, -0.05) is 0 Å². The van der Waals surface area contributed by atoms with Crippen LogP contribution in [0.4, 0.5) is 0 Å². The van der Waals surface area contributed by atoms with Crippen LogP contribution in [0.1, 0.15) is 12.6 Å². The summed E-state index contributed by atoms with van der Waals surface area (Å²) in [6, 6.07) is 8.09. The third-order valence-electron chi connectivity index (χ3n) is 3.50. The average Bonchev–Trinajstić information content (AvgIpc) is 3.13. The van der Waals surface area contributed by atoms with Gasteiger partial charge in [-0.25, -0.2) is 9.50 Å². The molecule has 3 aromatic heterocycles. The van der Waals surface area contributed by atoms with Gasteiger partial charge in [0.15, 0.2) is 5.65 Å². The fourth-order valence-corrected chi connectivity index (χ4v) is 2.44. The Morgan fingerprint density at radius 3 is 2.71 bits per heavy atom. The smallest absolute Gasteiger partial charge is 0.154 e. The molecule has 0 aromatic carbocycles. The van der Waals surface area contributed by atoms with E-state index in [0.29, 0.717) is 0 Å². The number of hydrogen-bond acceptors (Lipinski definition) is 4. The fraction of sp³-hybridized carbons (Fsp3) is 0.125. The standard InChI is InChI=1S/C16H13N5/c1-11-8-13(9-18-11)14-2-3-16-19-10-15(21(16)20-14)12-4-6-17-7-5-12/h2-11H,1H3. The molecule has 0 aliphatic carbocycles. The normalized spacial score (nSPS) is 17.4. The zero-order valence-electron chi connectivity index (χ0n) is 11.5. The van der Waals surface area contributed by atoms with Crippen molar-refractivity contribution in [3.05, 3.63) is 54.6 Å². The average molecular weight is 275 g/mol. The Hall–Kier alpha value is -2.82. The molecule has 4 heterocycles. The van der Waals surface area contributed by atoms with Crippen molar-refractivity contribution >= 4 is 17.4 Å². The monoisotopic (exact) mass is 275 g/mol. The molecular formula is C16H13N5. The molecule has 0 fully saturated rings. The molecule has 1 aliphatic heterocycles. The number of aliphatic imine (C=N–C) groups is 1. The molecule has 0 amide bonds. The zero-order chi connectivity index (χ0) is 14.2. The molecule has 5 heteroatoms. The van der Waals surface area contributed by atoms with Crippen LogP contribution in [-0.4, -0.2) is 31.8 Å². The van der Waals surface area contributed by atoms with Crippen molar-refractivity contribution in [1.29, 1.82) is 0 Å². The Kier molecular flexibility index (Phi) is 2.64. The molecule has 0 bridgehead atoms. The van der Waals surface area contributed by atoms with E-state index < -0.39 is 0 Å². The third kappa shape index (κ3) is 2.03. The first-order valence-electron chi connectivity index (χ1n) is 6.82. The maximum Gasteiger partial charge on any atom is 0.154 e. The van der Waals surface area contributed by atoms with Gasteiger partial charge in [0.1, 0.15) is 0 Å². The van der Waals surface area contributed by atoms with Gasteiger partial charge in [0.05, 0.1) is 23.6 Å². The molecular weight excluding hydrogens is 262 g/mol. The van der Waals surface area contributed by atoms with E-state index in [9.17, 15) is 0 Å². The first kappa shape index (κ1) is 12.0. The molecule has 1 unspecified atom stereocenters. The number of aromatic nitrogens is 4. The highest BCUT2D eigenvalue weighted by Gasteiger charge is 2.12. The molecule has 0 N–H and O–H groups in total. The lowest BCUT2D eigenvalue weighted by Gasteiger charge is -2.03. The van der Waals surface area contributed by atoms with E-state index in [1.54, 1.807) is 12.4 Å². The highest BCUT2D eigenvalue weighted by molar-refractivity contribution is 6.11. The Morgan fingerprint density at radius 2 is 1.95 bits per heavy atom. The number of imidazole rings is 1. The molecule has 21 heavy (non-hydrogen) atoms. The van der Waals surface area contributed by atoms with E-state index >= 15 is 0 Å². The second-order valence-corrected chi connectivity index (χ2v) is 5.01. The lowest BCUT2D eigenvalue weighted by atomic mass is 10.2. The summed E-state index contributed by atoms with van der Waals surface area (Å²) in [5.74, 6) is 0. The summed E-state index contributed by atoms with van der Waals surface area (Å²) in [5.41, 5.74) is 4.79. The van der Waals surface area contributed by atoms with Gasteiger partial charge in [0.2, 0.25) is 0 Å². The number of allylic oxidation sites excluding steroid dienone is 1. The van der Waals surface area contributed by atoms with Crippen LogP contribution in [0.2, 0.25) is 0 Å². The van der Waals surface area contributed by atoms with Gasteiger partial charge in [-0.2, -0.15) is 5.10 Å². The predicted octanol–water partition coefficient (Wildman–Crippen LogP) is 2.65. The van der Waals surface area contributed by atoms with Crippen LogP contribution in [0.3, 0.4) is 0 Å². The van der Waals surface area contributed by atoms with E-state index in [-0.39, 0.29) is 6.04 Å². The molecule has 102 valence electrons. The highest BCUT2D eigenvalue weighted by Crippen LogP contribution is 2.22. The van der Waals surface area contributed by atoms with E-state index in [1.807, 2.05) is 41.2 Å². The van der Waals surface area contributed by atoms with E-state index in [0.717, 1.165) is 28.2 Å². The Labute approximate surface area is 121 Å². The molecule has 0 spiro atoms. The highest BCUT2D eigenvalue weighted by atomic mass is 15.3. The van der Waals surface area contributed by atoms with Crippen LogP contribution in [0.15, 0.2) is 53.9 Å². The zero-order valence-corrected chi connectivity index (χ0v) is 11.5. The number of pyridine rings is 1. The summed E-state index contributed by atoms with van der Waals surface area (Å²) in [5, 5.41) is 4.70. The van der Waals surface area contributed by atoms with Gasteiger partial charge in [0, 0.05) is 29.7 Å². The summed E-state index contributed by atoms with van der Waals surface area (Å²) in [6.45, 7) is 2.06. The maximum atomic E-state index is 4.70. The quantitative estimate of drug-likeness (QED) is 0.722. The Balaban J connectivity index is 1.87. The SMILES string of the molecule is CC1C=C(c2ccc3ncc(-c4ccncc4)n3n2)C=N1. The van der Waals surface area contributed by atoms with E-state index in [2.05, 4.69) is 28.0 Å². The summed E-state index contributed by atoms with van der Waals surface area (Å²) in [6.07, 6.45) is 9.36. The van der Waals surface area contributed by atoms with Crippen LogP contribution in [0.5, 0.6) is 0 Å². The third-order valence-corrected chi connectivity index (χ3v) is 3.50. The number of rotatable bonds is 2. The van der Waals surface area contributed by atoms with Gasteiger partial charge in [0.25, 0.3) is 0 Å². The van der Waals surface area contributed by atoms with Gasteiger partial charge in [-0.3, -0.25) is 9.98 Å². The minimum atomic E-state index is 0.222. The first-order valence-corrected chi connectivity index (χ1v) is 6.82. The molecule has 5 nitrogen and oxygen atoms in total. The number of fused-ring (bicyclic) bond motifs is 1. The number of nitrogens with zero attached hydrogens (tertiary/aromatic N) is 5. The van der Waals surface area contributed by atoms with Gasteiger partial charge in [-0.15, -0.1) is 0 Å². The summed E-state index contributed by atoms with van der Waals surface area (Å²) < 4.78 is 1.86. The van der Waals surface area contributed by atoms with Crippen LogP contribution in [0, 0.1) is 0 Å². The summed E-state index contributed by atoms with van der Waals surface area (Å²) in [7, 11) is 0. The van der Waals surface area contributed by atoms with Gasteiger partial charge >= 0.3 is 0 Å². The molecule has 0 saturated carbocycles. The minimum absolute atomic E-state index is 0.222. The number of hydrogen-bond donors (Lipinski definition) is 0. The second kappa shape index (κ2) is 4.63. The van der Waals surface area contributed by atoms with Crippen molar-refractivity contribution in [2.24, 2.45) is 4.99 Å². The van der Waals surface area contributed by atoms with Crippen molar-refractivity contribution in [2.45, 2.75) is 13.0 Å². The van der Waals surface area contributed by atoms with Crippen molar-refractivity contribution in [2.75, 3.05) is 0 Å². The van der Waals surface area contributed by atoms with Gasteiger partial charge in [-0.05, 0) is 37.3 Å². The minimum Gasteiger partial charge on any atom is -0.285 e. The van der Waals surface area contributed by atoms with Crippen LogP contribution >= 0.6 is 0 Å². The molecule has 1 atom stereocenters. The molecule has 0 saturated heterocycles. The predicted molar refractivity (Wildman–Crippen MR) is 82.1 cm³/mol. The maximum absolute atomic E-state index is 4.70. The van der Waals surface area contributed by atoms with Crippen LogP contribution < -0.4 is 0 Å². The van der Waals surface area contributed by atoms with E-state index in [4.69, 9.17) is 5.10 Å². The van der Waals surface area contributed by atoms with Crippen molar-refractivity contribution in [1.82, 2.24) is 19.6 Å². The lowest BCUT2D eigenvalue weighted by molar-refractivity contribution is 0.927. The van der Waals surface area contributed by atoms with Crippen molar-refractivity contribution in [3.63, 3.8) is 0 Å². The van der Waals surface area contributed by atoms with Crippen molar-refractivity contribution in [3.8, 4) is 11.3 Å². The second-order valence-electron chi connectivity index (χ2n) is 5.01. The topological polar surface area (TPSA) is 55.4 Å². The largest absolute Gasteiger partial charge is 0.285 e. The molecule has 4 rings (SSSR count). The van der Waals surface area contributed by atoms with Gasteiger partial charge < -0.3 is 0 Å².